The molecular weight excluding hydrogens is 361 g/mol. The zero-order chi connectivity index (χ0) is 19.3. The Morgan fingerprint density at radius 2 is 2.14 bits per heavy atom. The second-order valence-corrected chi connectivity index (χ2v) is 7.47. The number of carbonyl (C=O) groups excluding carboxylic acids is 1. The number of aromatic amines is 1. The smallest absolute Gasteiger partial charge is 0.225 e. The molecule has 2 aliphatic rings. The van der Waals surface area contributed by atoms with E-state index in [0.29, 0.717) is 32.7 Å². The van der Waals surface area contributed by atoms with Crippen molar-refractivity contribution in [1.82, 2.24) is 15.1 Å². The molecule has 1 aliphatic heterocycles. The third-order valence-electron chi connectivity index (χ3n) is 5.53. The molecule has 1 aromatic carbocycles. The molecule has 2 heterocycles. The van der Waals surface area contributed by atoms with Gasteiger partial charge in [-0.05, 0) is 31.0 Å². The Hall–Kier alpha value is -2.41. The molecule has 28 heavy (non-hydrogen) atoms. The molecule has 1 aromatic heterocycles. The Labute approximate surface area is 164 Å². The summed E-state index contributed by atoms with van der Waals surface area (Å²) in [4.78, 5) is 14.6. The number of benzene rings is 1. The van der Waals surface area contributed by atoms with Crippen molar-refractivity contribution in [3.05, 3.63) is 47.5 Å². The molecule has 0 radical (unpaired) electrons. The van der Waals surface area contributed by atoms with Crippen LogP contribution in [0.5, 0.6) is 5.75 Å². The topological polar surface area (TPSA) is 67.5 Å². The van der Waals surface area contributed by atoms with E-state index in [2.05, 4.69) is 10.2 Å². The molecule has 4 rings (SSSR count). The summed E-state index contributed by atoms with van der Waals surface area (Å²) in [5, 5.41) is 7.35. The van der Waals surface area contributed by atoms with E-state index in [9.17, 15) is 9.18 Å². The molecule has 2 fully saturated rings. The lowest BCUT2D eigenvalue weighted by atomic mass is 10.1. The number of H-pyrrole nitrogens is 1. The van der Waals surface area contributed by atoms with Crippen LogP contribution in [0.1, 0.15) is 43.2 Å². The number of rotatable bonds is 6. The van der Waals surface area contributed by atoms with Crippen molar-refractivity contribution in [2.75, 3.05) is 26.3 Å². The highest BCUT2D eigenvalue weighted by Crippen LogP contribution is 2.29. The molecule has 1 atom stereocenters. The molecule has 1 N–H and O–H groups in total. The first-order valence-electron chi connectivity index (χ1n) is 10.0. The third kappa shape index (κ3) is 4.35. The summed E-state index contributed by atoms with van der Waals surface area (Å²) in [6.45, 7) is 2.08. The van der Waals surface area contributed by atoms with Gasteiger partial charge in [-0.3, -0.25) is 9.89 Å². The lowest BCUT2D eigenvalue weighted by Gasteiger charge is -2.33. The van der Waals surface area contributed by atoms with E-state index in [0.717, 1.165) is 37.1 Å². The van der Waals surface area contributed by atoms with Gasteiger partial charge in [-0.25, -0.2) is 4.39 Å². The molecule has 6 nitrogen and oxygen atoms in total. The summed E-state index contributed by atoms with van der Waals surface area (Å²) < 4.78 is 24.9. The number of hydrogen-bond donors (Lipinski definition) is 1. The normalized spacial score (nSPS) is 20.5. The van der Waals surface area contributed by atoms with E-state index in [-0.39, 0.29) is 29.5 Å². The number of amides is 1. The van der Waals surface area contributed by atoms with Gasteiger partial charge in [0, 0.05) is 24.6 Å². The summed E-state index contributed by atoms with van der Waals surface area (Å²) >= 11 is 0. The number of hydrogen-bond acceptors (Lipinski definition) is 4. The molecule has 0 unspecified atom stereocenters. The quantitative estimate of drug-likeness (QED) is 0.826. The number of morpholine rings is 1. The maximum atomic E-state index is 13.6. The van der Waals surface area contributed by atoms with Crippen molar-refractivity contribution < 1.29 is 18.7 Å². The molecule has 0 bridgehead atoms. The van der Waals surface area contributed by atoms with Crippen LogP contribution in [0.3, 0.4) is 0 Å². The lowest BCUT2D eigenvalue weighted by Crippen LogP contribution is -2.44. The highest BCUT2D eigenvalue weighted by molar-refractivity contribution is 5.79. The SMILES string of the molecule is O=C(C1CCCC1)N1CCO[C@@H](c2cc(CCOc3ccccc3F)[nH]n2)C1. The maximum Gasteiger partial charge on any atom is 0.225 e. The van der Waals surface area contributed by atoms with E-state index in [1.807, 2.05) is 11.0 Å². The number of aromatic nitrogens is 2. The van der Waals surface area contributed by atoms with Crippen LogP contribution < -0.4 is 4.74 Å². The standard InChI is InChI=1S/C21H26FN3O3/c22-17-7-3-4-8-19(17)27-11-9-16-13-18(24-23-16)20-14-25(10-12-28-20)21(26)15-5-1-2-6-15/h3-4,7-8,13,15,20H,1-2,5-6,9-12,14H2,(H,23,24)/t20-/m1/s1. The number of para-hydroxylation sites is 1. The fraction of sp³-hybridized carbons (Fsp3) is 0.524. The van der Waals surface area contributed by atoms with Crippen molar-refractivity contribution in [2.45, 2.75) is 38.2 Å². The Morgan fingerprint density at radius 1 is 1.32 bits per heavy atom. The predicted octanol–water partition coefficient (Wildman–Crippen LogP) is 3.26. The van der Waals surface area contributed by atoms with Crippen LogP contribution in [-0.4, -0.2) is 47.3 Å². The van der Waals surface area contributed by atoms with Gasteiger partial charge in [0.05, 0.1) is 25.5 Å². The molecule has 1 aliphatic carbocycles. The average molecular weight is 387 g/mol. The summed E-state index contributed by atoms with van der Waals surface area (Å²) in [6.07, 6.45) is 4.70. The van der Waals surface area contributed by atoms with Gasteiger partial charge in [0.15, 0.2) is 11.6 Å². The third-order valence-corrected chi connectivity index (χ3v) is 5.53. The Balaban J connectivity index is 1.30. The first kappa shape index (κ1) is 18.9. The second kappa shape index (κ2) is 8.73. The number of halogens is 1. The fourth-order valence-corrected chi connectivity index (χ4v) is 3.96. The van der Waals surface area contributed by atoms with Crippen molar-refractivity contribution in [3.8, 4) is 5.75 Å². The van der Waals surface area contributed by atoms with Crippen molar-refractivity contribution in [1.29, 1.82) is 0 Å². The van der Waals surface area contributed by atoms with Gasteiger partial charge in [-0.2, -0.15) is 5.10 Å². The highest BCUT2D eigenvalue weighted by Gasteiger charge is 2.32. The molecule has 1 saturated heterocycles. The molecule has 150 valence electrons. The zero-order valence-corrected chi connectivity index (χ0v) is 15.9. The zero-order valence-electron chi connectivity index (χ0n) is 15.9. The van der Waals surface area contributed by atoms with Crippen LogP contribution >= 0.6 is 0 Å². The number of nitrogens with zero attached hydrogens (tertiary/aromatic N) is 2. The minimum Gasteiger partial charge on any atom is -0.490 e. The lowest BCUT2D eigenvalue weighted by molar-refractivity contribution is -0.143. The monoisotopic (exact) mass is 387 g/mol. The number of nitrogens with one attached hydrogen (secondary N) is 1. The van der Waals surface area contributed by atoms with E-state index in [1.165, 1.54) is 6.07 Å². The first-order valence-corrected chi connectivity index (χ1v) is 10.0. The van der Waals surface area contributed by atoms with Crippen molar-refractivity contribution in [2.24, 2.45) is 5.92 Å². The van der Waals surface area contributed by atoms with E-state index < -0.39 is 0 Å². The van der Waals surface area contributed by atoms with Gasteiger partial charge in [0.2, 0.25) is 5.91 Å². The van der Waals surface area contributed by atoms with Gasteiger partial charge in [-0.15, -0.1) is 0 Å². The summed E-state index contributed by atoms with van der Waals surface area (Å²) in [7, 11) is 0. The molecule has 1 amide bonds. The molecular formula is C21H26FN3O3. The van der Waals surface area contributed by atoms with Crippen LogP contribution in [0.2, 0.25) is 0 Å². The van der Waals surface area contributed by atoms with E-state index >= 15 is 0 Å². The largest absolute Gasteiger partial charge is 0.490 e. The Morgan fingerprint density at radius 3 is 2.96 bits per heavy atom. The number of ether oxygens (including phenoxy) is 2. The molecule has 1 saturated carbocycles. The van der Waals surface area contributed by atoms with Gasteiger partial charge in [0.1, 0.15) is 6.10 Å². The van der Waals surface area contributed by atoms with Crippen LogP contribution in [0.15, 0.2) is 30.3 Å². The summed E-state index contributed by atoms with van der Waals surface area (Å²) in [5.74, 6) is 0.332. The highest BCUT2D eigenvalue weighted by atomic mass is 19.1. The van der Waals surface area contributed by atoms with E-state index in [4.69, 9.17) is 9.47 Å². The van der Waals surface area contributed by atoms with Gasteiger partial charge in [-0.1, -0.05) is 25.0 Å². The van der Waals surface area contributed by atoms with Crippen LogP contribution in [0.4, 0.5) is 4.39 Å². The molecule has 0 spiro atoms. The first-order chi connectivity index (χ1) is 13.7. The number of carbonyl (C=O) groups is 1. The van der Waals surface area contributed by atoms with Gasteiger partial charge >= 0.3 is 0 Å². The van der Waals surface area contributed by atoms with Crippen LogP contribution in [0, 0.1) is 11.7 Å². The summed E-state index contributed by atoms with van der Waals surface area (Å²) in [6, 6.07) is 8.31. The average Bonchev–Trinajstić information content (AvgIpc) is 3.41. The minimum atomic E-state index is -0.365. The minimum absolute atomic E-state index is 0.184. The Bertz CT molecular complexity index is 804. The maximum absolute atomic E-state index is 13.6. The van der Waals surface area contributed by atoms with Crippen LogP contribution in [-0.2, 0) is 16.0 Å². The van der Waals surface area contributed by atoms with Crippen LogP contribution in [0.25, 0.3) is 0 Å². The Kier molecular flexibility index (Phi) is 5.90. The van der Waals surface area contributed by atoms with Crippen molar-refractivity contribution in [3.63, 3.8) is 0 Å². The second-order valence-electron chi connectivity index (χ2n) is 7.47. The van der Waals surface area contributed by atoms with E-state index in [1.54, 1.807) is 18.2 Å². The summed E-state index contributed by atoms with van der Waals surface area (Å²) in [5.41, 5.74) is 1.69. The van der Waals surface area contributed by atoms with Gasteiger partial charge < -0.3 is 14.4 Å². The van der Waals surface area contributed by atoms with Gasteiger partial charge in [0.25, 0.3) is 0 Å². The molecule has 2 aromatic rings. The predicted molar refractivity (Wildman–Crippen MR) is 101 cm³/mol. The van der Waals surface area contributed by atoms with Crippen molar-refractivity contribution >= 4 is 5.91 Å². The molecule has 7 heteroatoms. The fourth-order valence-electron chi connectivity index (χ4n) is 3.96.